The minimum atomic E-state index is 0.156. The van der Waals surface area contributed by atoms with E-state index in [0.717, 1.165) is 26.2 Å². The molecular formula is C23H23NOS. The number of benzene rings is 3. The fourth-order valence-electron chi connectivity index (χ4n) is 3.26. The largest absolute Gasteiger partial charge is 0.371 e. The molecule has 2 nitrogen and oxygen atoms in total. The Balaban J connectivity index is 1.39. The Morgan fingerprint density at radius 1 is 0.808 bits per heavy atom. The van der Waals surface area contributed by atoms with Crippen molar-refractivity contribution >= 4 is 11.8 Å². The van der Waals surface area contributed by atoms with Crippen LogP contribution < -0.4 is 0 Å². The van der Waals surface area contributed by atoms with Crippen molar-refractivity contribution in [3.63, 3.8) is 0 Å². The molecule has 1 heterocycles. The van der Waals surface area contributed by atoms with E-state index in [2.05, 4.69) is 89.8 Å². The van der Waals surface area contributed by atoms with Gasteiger partial charge in [-0.15, -0.1) is 0 Å². The summed E-state index contributed by atoms with van der Waals surface area (Å²) in [4.78, 5) is 5.01. The highest BCUT2D eigenvalue weighted by molar-refractivity contribution is 7.99. The number of ether oxygens (including phenoxy) is 1. The van der Waals surface area contributed by atoms with Crippen LogP contribution in [0.15, 0.2) is 94.7 Å². The molecule has 1 unspecified atom stereocenters. The Morgan fingerprint density at radius 2 is 1.46 bits per heavy atom. The molecule has 1 saturated heterocycles. The molecule has 1 aliphatic heterocycles. The van der Waals surface area contributed by atoms with Crippen molar-refractivity contribution < 1.29 is 4.74 Å². The molecular weight excluding hydrogens is 338 g/mol. The molecule has 0 bridgehead atoms. The molecule has 1 aliphatic rings. The van der Waals surface area contributed by atoms with Gasteiger partial charge in [-0.3, -0.25) is 4.90 Å². The summed E-state index contributed by atoms with van der Waals surface area (Å²) in [5.74, 6) is 0. The molecule has 1 fully saturated rings. The lowest BCUT2D eigenvalue weighted by Crippen LogP contribution is -2.37. The predicted octanol–water partition coefficient (Wildman–Crippen LogP) is 5.41. The molecule has 3 aromatic rings. The topological polar surface area (TPSA) is 12.5 Å². The molecule has 3 heteroatoms. The van der Waals surface area contributed by atoms with Gasteiger partial charge in [0.25, 0.3) is 0 Å². The van der Waals surface area contributed by atoms with E-state index in [1.165, 1.54) is 20.9 Å². The SMILES string of the molecule is c1ccc(CN2CCOC(c3ccc(Sc4ccccc4)cc3)C2)cc1. The van der Waals surface area contributed by atoms with Gasteiger partial charge < -0.3 is 4.74 Å². The molecule has 0 radical (unpaired) electrons. The Kier molecular flexibility index (Phi) is 5.70. The van der Waals surface area contributed by atoms with Gasteiger partial charge in [-0.2, -0.15) is 0 Å². The summed E-state index contributed by atoms with van der Waals surface area (Å²) < 4.78 is 6.04. The fraction of sp³-hybridized carbons (Fsp3) is 0.217. The molecule has 0 aliphatic carbocycles. The van der Waals surface area contributed by atoms with Crippen LogP contribution in [0.3, 0.4) is 0 Å². The van der Waals surface area contributed by atoms with Crippen molar-refractivity contribution in [1.82, 2.24) is 4.90 Å². The molecule has 0 aromatic heterocycles. The molecule has 0 saturated carbocycles. The number of rotatable bonds is 5. The monoisotopic (exact) mass is 361 g/mol. The van der Waals surface area contributed by atoms with E-state index < -0.39 is 0 Å². The first-order valence-corrected chi connectivity index (χ1v) is 9.89. The van der Waals surface area contributed by atoms with Crippen LogP contribution in [0, 0.1) is 0 Å². The summed E-state index contributed by atoms with van der Waals surface area (Å²) in [5.41, 5.74) is 2.63. The van der Waals surface area contributed by atoms with Crippen molar-refractivity contribution in [2.45, 2.75) is 22.4 Å². The van der Waals surface area contributed by atoms with E-state index >= 15 is 0 Å². The maximum Gasteiger partial charge on any atom is 0.0952 e. The van der Waals surface area contributed by atoms with Crippen LogP contribution in [0.2, 0.25) is 0 Å². The van der Waals surface area contributed by atoms with E-state index in [9.17, 15) is 0 Å². The van der Waals surface area contributed by atoms with E-state index in [0.29, 0.717) is 0 Å². The van der Waals surface area contributed by atoms with Crippen molar-refractivity contribution in [2.24, 2.45) is 0 Å². The van der Waals surface area contributed by atoms with Gasteiger partial charge in [0.05, 0.1) is 12.7 Å². The van der Waals surface area contributed by atoms with Gasteiger partial charge >= 0.3 is 0 Å². The standard InChI is InChI=1S/C23H23NOS/c1-3-7-19(8-4-1)17-24-15-16-25-23(18-24)20-11-13-22(14-12-20)26-21-9-5-2-6-10-21/h1-14,23H,15-18H2. The first-order chi connectivity index (χ1) is 12.9. The number of morpholine rings is 1. The van der Waals surface area contributed by atoms with Crippen LogP contribution in [0.25, 0.3) is 0 Å². The average molecular weight is 362 g/mol. The van der Waals surface area contributed by atoms with E-state index in [-0.39, 0.29) is 6.10 Å². The highest BCUT2D eigenvalue weighted by Gasteiger charge is 2.22. The van der Waals surface area contributed by atoms with Crippen molar-refractivity contribution in [2.75, 3.05) is 19.7 Å². The van der Waals surface area contributed by atoms with Crippen LogP contribution in [-0.4, -0.2) is 24.6 Å². The summed E-state index contributed by atoms with van der Waals surface area (Å²) in [6.45, 7) is 3.72. The van der Waals surface area contributed by atoms with E-state index in [1.54, 1.807) is 11.8 Å². The lowest BCUT2D eigenvalue weighted by molar-refractivity contribution is -0.0329. The van der Waals surface area contributed by atoms with Gasteiger partial charge in [0.15, 0.2) is 0 Å². The van der Waals surface area contributed by atoms with Gasteiger partial charge in [-0.05, 0) is 35.4 Å². The van der Waals surface area contributed by atoms with E-state index in [1.807, 2.05) is 0 Å². The smallest absolute Gasteiger partial charge is 0.0952 e. The van der Waals surface area contributed by atoms with E-state index in [4.69, 9.17) is 4.74 Å². The zero-order chi connectivity index (χ0) is 17.6. The van der Waals surface area contributed by atoms with Crippen LogP contribution in [0.1, 0.15) is 17.2 Å². The summed E-state index contributed by atoms with van der Waals surface area (Å²) in [6, 6.07) is 30.0. The third kappa shape index (κ3) is 4.55. The Hall–Kier alpha value is -2.07. The molecule has 0 amide bonds. The number of hydrogen-bond acceptors (Lipinski definition) is 3. The quantitative estimate of drug-likeness (QED) is 0.603. The summed E-state index contributed by atoms with van der Waals surface area (Å²) >= 11 is 1.79. The van der Waals surface area contributed by atoms with Crippen molar-refractivity contribution in [3.05, 3.63) is 96.1 Å². The maximum absolute atomic E-state index is 6.04. The first-order valence-electron chi connectivity index (χ1n) is 9.07. The van der Waals surface area contributed by atoms with Crippen molar-refractivity contribution in [3.8, 4) is 0 Å². The second-order valence-corrected chi connectivity index (χ2v) is 7.71. The van der Waals surface area contributed by atoms with Crippen LogP contribution in [-0.2, 0) is 11.3 Å². The third-order valence-corrected chi connectivity index (χ3v) is 5.65. The molecule has 26 heavy (non-hydrogen) atoms. The highest BCUT2D eigenvalue weighted by atomic mass is 32.2. The average Bonchev–Trinajstić information content (AvgIpc) is 2.70. The molecule has 0 N–H and O–H groups in total. The Morgan fingerprint density at radius 3 is 2.19 bits per heavy atom. The fourth-order valence-corrected chi connectivity index (χ4v) is 4.10. The van der Waals surface area contributed by atoms with Gasteiger partial charge in [0.1, 0.15) is 0 Å². The molecule has 0 spiro atoms. The summed E-state index contributed by atoms with van der Waals surface area (Å²) in [5, 5.41) is 0. The second-order valence-electron chi connectivity index (χ2n) is 6.56. The maximum atomic E-state index is 6.04. The van der Waals surface area contributed by atoms with Crippen molar-refractivity contribution in [1.29, 1.82) is 0 Å². The number of hydrogen-bond donors (Lipinski definition) is 0. The predicted molar refractivity (Wildman–Crippen MR) is 107 cm³/mol. The summed E-state index contributed by atoms with van der Waals surface area (Å²) in [6.07, 6.45) is 0.156. The molecule has 4 rings (SSSR count). The highest BCUT2D eigenvalue weighted by Crippen LogP contribution is 2.30. The minimum Gasteiger partial charge on any atom is -0.371 e. The zero-order valence-electron chi connectivity index (χ0n) is 14.8. The Bertz CT molecular complexity index is 805. The normalized spacial score (nSPS) is 17.9. The zero-order valence-corrected chi connectivity index (χ0v) is 15.6. The van der Waals surface area contributed by atoms with Crippen LogP contribution in [0.5, 0.6) is 0 Å². The number of nitrogens with zero attached hydrogens (tertiary/aromatic N) is 1. The van der Waals surface area contributed by atoms with Gasteiger partial charge in [0.2, 0.25) is 0 Å². The minimum absolute atomic E-state index is 0.156. The lowest BCUT2D eigenvalue weighted by Gasteiger charge is -2.33. The third-order valence-electron chi connectivity index (χ3n) is 4.63. The Labute approximate surface area is 159 Å². The lowest BCUT2D eigenvalue weighted by atomic mass is 10.1. The van der Waals surface area contributed by atoms with Gasteiger partial charge in [-0.25, -0.2) is 0 Å². The second kappa shape index (κ2) is 8.54. The summed E-state index contributed by atoms with van der Waals surface area (Å²) in [7, 11) is 0. The van der Waals surface area contributed by atoms with Gasteiger partial charge in [0, 0.05) is 29.4 Å². The molecule has 1 atom stereocenters. The molecule has 132 valence electrons. The molecule has 3 aromatic carbocycles. The van der Waals surface area contributed by atoms with Crippen LogP contribution in [0.4, 0.5) is 0 Å². The van der Waals surface area contributed by atoms with Crippen LogP contribution >= 0.6 is 11.8 Å². The first kappa shape index (κ1) is 17.3. The van der Waals surface area contributed by atoms with Gasteiger partial charge in [-0.1, -0.05) is 72.4 Å².